The summed E-state index contributed by atoms with van der Waals surface area (Å²) < 4.78 is 0.998. The molecule has 3 rings (SSSR count). The number of Topliss-reactive ketones (excluding diaryl/α,β-unsaturated/α-hetero) is 1. The Balaban J connectivity index is 2.08. The van der Waals surface area contributed by atoms with Crippen LogP contribution in [0.4, 0.5) is 0 Å². The number of fused-ring (bicyclic) bond motifs is 1. The van der Waals surface area contributed by atoms with E-state index in [4.69, 9.17) is 0 Å². The fourth-order valence-electron chi connectivity index (χ4n) is 2.61. The molecule has 0 spiro atoms. The second-order valence-electron chi connectivity index (χ2n) is 5.71. The summed E-state index contributed by atoms with van der Waals surface area (Å²) in [6, 6.07) is 15.8. The van der Waals surface area contributed by atoms with Gasteiger partial charge in [-0.25, -0.2) is 0 Å². The monoisotopic (exact) mass is 341 g/mol. The first-order chi connectivity index (χ1) is 10.00. The Morgan fingerprint density at radius 3 is 2.52 bits per heavy atom. The van der Waals surface area contributed by atoms with Crippen molar-refractivity contribution < 1.29 is 4.79 Å². The minimum Gasteiger partial charge on any atom is -0.360 e. The molecule has 1 N–H and O–H groups in total. The number of benzene rings is 2. The van der Waals surface area contributed by atoms with Gasteiger partial charge >= 0.3 is 0 Å². The molecule has 0 radical (unpaired) electrons. The van der Waals surface area contributed by atoms with Gasteiger partial charge in [-0.15, -0.1) is 0 Å². The number of aromatic amines is 1. The SMILES string of the molecule is CC(C)(C(=O)c1c[nH]c2cc(Br)ccc12)c1ccccc1. The third-order valence-electron chi connectivity index (χ3n) is 3.95. The molecule has 0 fully saturated rings. The van der Waals surface area contributed by atoms with Crippen LogP contribution >= 0.6 is 15.9 Å². The number of rotatable bonds is 3. The Morgan fingerprint density at radius 1 is 1.10 bits per heavy atom. The minimum atomic E-state index is -0.552. The summed E-state index contributed by atoms with van der Waals surface area (Å²) in [5.41, 5.74) is 2.19. The van der Waals surface area contributed by atoms with Crippen LogP contribution in [0, 0.1) is 0 Å². The van der Waals surface area contributed by atoms with Gasteiger partial charge in [-0.05, 0) is 31.5 Å². The molecule has 1 aromatic heterocycles. The minimum absolute atomic E-state index is 0.127. The molecule has 0 aliphatic carbocycles. The molecule has 0 aliphatic heterocycles. The summed E-state index contributed by atoms with van der Waals surface area (Å²) in [4.78, 5) is 16.2. The molecule has 0 aliphatic rings. The summed E-state index contributed by atoms with van der Waals surface area (Å²) in [6.45, 7) is 3.95. The third-order valence-corrected chi connectivity index (χ3v) is 4.44. The quantitative estimate of drug-likeness (QED) is 0.661. The fourth-order valence-corrected chi connectivity index (χ4v) is 2.97. The lowest BCUT2D eigenvalue weighted by Gasteiger charge is -2.23. The number of halogens is 1. The highest BCUT2D eigenvalue weighted by Crippen LogP contribution is 2.31. The number of hydrogen-bond acceptors (Lipinski definition) is 1. The van der Waals surface area contributed by atoms with Crippen molar-refractivity contribution in [2.24, 2.45) is 0 Å². The second-order valence-corrected chi connectivity index (χ2v) is 6.63. The molecule has 0 saturated heterocycles. The van der Waals surface area contributed by atoms with Gasteiger partial charge in [0.1, 0.15) is 0 Å². The maximum atomic E-state index is 13.0. The number of aromatic nitrogens is 1. The van der Waals surface area contributed by atoms with E-state index in [1.165, 1.54) is 0 Å². The van der Waals surface area contributed by atoms with Crippen LogP contribution in [0.1, 0.15) is 29.8 Å². The number of carbonyl (C=O) groups excluding carboxylic acids is 1. The summed E-state index contributed by atoms with van der Waals surface area (Å²) >= 11 is 3.45. The lowest BCUT2D eigenvalue weighted by Crippen LogP contribution is -2.28. The molecule has 106 valence electrons. The molecule has 2 nitrogen and oxygen atoms in total. The average Bonchev–Trinajstić information content (AvgIpc) is 2.90. The highest BCUT2D eigenvalue weighted by Gasteiger charge is 2.31. The lowest BCUT2D eigenvalue weighted by atomic mass is 9.78. The Bertz CT molecular complexity index is 802. The van der Waals surface area contributed by atoms with Crippen molar-refractivity contribution in [3.05, 3.63) is 70.3 Å². The van der Waals surface area contributed by atoms with Gasteiger partial charge in [-0.2, -0.15) is 0 Å². The maximum Gasteiger partial charge on any atom is 0.174 e. The molecular formula is C18H16BrNO. The van der Waals surface area contributed by atoms with Gasteiger partial charge in [0.15, 0.2) is 5.78 Å². The zero-order valence-electron chi connectivity index (χ0n) is 12.0. The van der Waals surface area contributed by atoms with E-state index in [1.54, 1.807) is 0 Å². The molecule has 0 unspecified atom stereocenters. The van der Waals surface area contributed by atoms with E-state index in [2.05, 4.69) is 20.9 Å². The number of hydrogen-bond donors (Lipinski definition) is 1. The first kappa shape index (κ1) is 14.1. The predicted octanol–water partition coefficient (Wildman–Crippen LogP) is 5.09. The molecule has 0 amide bonds. The zero-order valence-corrected chi connectivity index (χ0v) is 13.6. The van der Waals surface area contributed by atoms with Crippen molar-refractivity contribution in [2.45, 2.75) is 19.3 Å². The van der Waals surface area contributed by atoms with Crippen LogP contribution in [0.2, 0.25) is 0 Å². The molecule has 21 heavy (non-hydrogen) atoms. The van der Waals surface area contributed by atoms with Gasteiger partial charge in [-0.3, -0.25) is 4.79 Å². The van der Waals surface area contributed by atoms with Gasteiger partial charge < -0.3 is 4.98 Å². The van der Waals surface area contributed by atoms with E-state index in [-0.39, 0.29) is 5.78 Å². The van der Waals surface area contributed by atoms with E-state index < -0.39 is 5.41 Å². The third kappa shape index (κ3) is 2.42. The molecule has 0 saturated carbocycles. The highest BCUT2D eigenvalue weighted by molar-refractivity contribution is 9.10. The summed E-state index contributed by atoms with van der Waals surface area (Å²) in [6.07, 6.45) is 1.81. The maximum absolute atomic E-state index is 13.0. The molecular weight excluding hydrogens is 326 g/mol. The van der Waals surface area contributed by atoms with E-state index in [0.29, 0.717) is 0 Å². The second kappa shape index (κ2) is 5.15. The largest absolute Gasteiger partial charge is 0.360 e. The van der Waals surface area contributed by atoms with Crippen LogP contribution in [0.3, 0.4) is 0 Å². The number of carbonyl (C=O) groups is 1. The smallest absolute Gasteiger partial charge is 0.174 e. The van der Waals surface area contributed by atoms with E-state index in [0.717, 1.165) is 26.5 Å². The number of ketones is 1. The van der Waals surface area contributed by atoms with E-state index >= 15 is 0 Å². The predicted molar refractivity (Wildman–Crippen MR) is 89.8 cm³/mol. The van der Waals surface area contributed by atoms with Crippen LogP contribution in [-0.4, -0.2) is 10.8 Å². The molecule has 0 bridgehead atoms. The fraction of sp³-hybridized carbons (Fsp3) is 0.167. The van der Waals surface area contributed by atoms with Crippen LogP contribution in [-0.2, 0) is 5.41 Å². The zero-order chi connectivity index (χ0) is 15.0. The number of H-pyrrole nitrogens is 1. The normalized spacial score (nSPS) is 11.8. The van der Waals surface area contributed by atoms with Gasteiger partial charge in [-0.1, -0.05) is 52.3 Å². The lowest BCUT2D eigenvalue weighted by molar-refractivity contribution is 0.0910. The molecule has 3 aromatic rings. The van der Waals surface area contributed by atoms with Crippen LogP contribution < -0.4 is 0 Å². The summed E-state index contributed by atoms with van der Waals surface area (Å²) in [5.74, 6) is 0.127. The summed E-state index contributed by atoms with van der Waals surface area (Å²) in [5, 5.41) is 0.965. The molecule has 1 heterocycles. The number of nitrogens with one attached hydrogen (secondary N) is 1. The van der Waals surface area contributed by atoms with Crippen molar-refractivity contribution in [3.63, 3.8) is 0 Å². The standard InChI is InChI=1S/C18H16BrNO/c1-18(2,12-6-4-3-5-7-12)17(21)15-11-20-16-10-13(19)8-9-14(15)16/h3-11,20H,1-2H3. The van der Waals surface area contributed by atoms with Crippen molar-refractivity contribution in [1.29, 1.82) is 0 Å². The van der Waals surface area contributed by atoms with Gasteiger partial charge in [0.25, 0.3) is 0 Å². The Kier molecular flexibility index (Phi) is 3.46. The van der Waals surface area contributed by atoms with Crippen molar-refractivity contribution in [1.82, 2.24) is 4.98 Å². The van der Waals surface area contributed by atoms with Gasteiger partial charge in [0, 0.05) is 27.1 Å². The van der Waals surface area contributed by atoms with Crippen molar-refractivity contribution in [2.75, 3.05) is 0 Å². The average molecular weight is 342 g/mol. The van der Waals surface area contributed by atoms with Crippen LogP contribution in [0.15, 0.2) is 59.2 Å². The van der Waals surface area contributed by atoms with Gasteiger partial charge in [0.2, 0.25) is 0 Å². The Hall–Kier alpha value is -1.87. The summed E-state index contributed by atoms with van der Waals surface area (Å²) in [7, 11) is 0. The first-order valence-corrected chi connectivity index (χ1v) is 7.66. The van der Waals surface area contributed by atoms with Crippen molar-refractivity contribution in [3.8, 4) is 0 Å². The van der Waals surface area contributed by atoms with E-state index in [9.17, 15) is 4.79 Å². The van der Waals surface area contributed by atoms with Crippen LogP contribution in [0.25, 0.3) is 10.9 Å². The topological polar surface area (TPSA) is 32.9 Å². The van der Waals surface area contributed by atoms with Gasteiger partial charge in [0.05, 0.1) is 5.41 Å². The van der Waals surface area contributed by atoms with E-state index in [1.807, 2.05) is 68.6 Å². The van der Waals surface area contributed by atoms with Crippen molar-refractivity contribution >= 4 is 32.6 Å². The molecule has 3 heteroatoms. The molecule has 2 aromatic carbocycles. The highest BCUT2D eigenvalue weighted by atomic mass is 79.9. The first-order valence-electron chi connectivity index (χ1n) is 6.87. The van der Waals surface area contributed by atoms with Crippen LogP contribution in [0.5, 0.6) is 0 Å². The Morgan fingerprint density at radius 2 is 1.81 bits per heavy atom. The Labute approximate surface area is 132 Å². The molecule has 0 atom stereocenters.